The van der Waals surface area contributed by atoms with Crippen molar-refractivity contribution in [2.24, 2.45) is 0 Å². The van der Waals surface area contributed by atoms with Crippen LogP contribution >= 0.6 is 11.3 Å². The van der Waals surface area contributed by atoms with Gasteiger partial charge in [-0.2, -0.15) is 0 Å². The van der Waals surface area contributed by atoms with Crippen LogP contribution in [0.2, 0.25) is 0 Å². The van der Waals surface area contributed by atoms with Crippen LogP contribution in [-0.4, -0.2) is 30.3 Å². The van der Waals surface area contributed by atoms with E-state index in [-0.39, 0.29) is 18.4 Å². The van der Waals surface area contributed by atoms with E-state index in [0.717, 1.165) is 29.7 Å². The Bertz CT molecular complexity index is 715. The van der Waals surface area contributed by atoms with Crippen molar-refractivity contribution in [3.05, 3.63) is 51.2 Å². The third-order valence-corrected chi connectivity index (χ3v) is 5.08. The molecule has 1 N–H and O–H groups in total. The lowest BCUT2D eigenvalue weighted by Gasteiger charge is -2.18. The molecule has 0 atom stereocenters. The van der Waals surface area contributed by atoms with Gasteiger partial charge < -0.3 is 10.2 Å². The Morgan fingerprint density at radius 2 is 1.84 bits per heavy atom. The number of aryl methyl sites for hydroxylation is 4. The summed E-state index contributed by atoms with van der Waals surface area (Å²) in [5, 5.41) is 4.98. The number of amides is 2. The van der Waals surface area contributed by atoms with Crippen molar-refractivity contribution in [1.29, 1.82) is 0 Å². The maximum absolute atomic E-state index is 12.3. The van der Waals surface area contributed by atoms with Gasteiger partial charge in [-0.05, 0) is 56.2 Å². The van der Waals surface area contributed by atoms with Crippen molar-refractivity contribution in [2.75, 3.05) is 18.9 Å². The molecule has 1 heterocycles. The number of hydrogen-bond donors (Lipinski definition) is 1. The molecule has 0 aliphatic carbocycles. The van der Waals surface area contributed by atoms with Gasteiger partial charge in [-0.15, -0.1) is 11.3 Å². The lowest BCUT2D eigenvalue weighted by Crippen LogP contribution is -2.35. The molecule has 2 rings (SSSR count). The van der Waals surface area contributed by atoms with Crippen LogP contribution in [0.15, 0.2) is 29.6 Å². The summed E-state index contributed by atoms with van der Waals surface area (Å²) in [7, 11) is 1.68. The minimum Gasteiger partial charge on any atom is -0.336 e. The van der Waals surface area contributed by atoms with Crippen LogP contribution in [0.1, 0.15) is 34.4 Å². The summed E-state index contributed by atoms with van der Waals surface area (Å²) >= 11 is 1.71. The van der Waals surface area contributed by atoms with Gasteiger partial charge in [0, 0.05) is 24.0 Å². The Labute approximate surface area is 153 Å². The second kappa shape index (κ2) is 8.81. The number of anilines is 1. The monoisotopic (exact) mass is 358 g/mol. The average molecular weight is 359 g/mol. The number of likely N-dealkylation sites (N-methyl/N-ethyl adjacent to an activating group) is 1. The van der Waals surface area contributed by atoms with E-state index in [1.165, 1.54) is 15.3 Å². The Kier molecular flexibility index (Phi) is 6.76. The molecule has 0 fully saturated rings. The van der Waals surface area contributed by atoms with E-state index < -0.39 is 0 Å². The molecule has 0 radical (unpaired) electrons. The maximum Gasteiger partial charge on any atom is 0.243 e. The summed E-state index contributed by atoms with van der Waals surface area (Å²) in [4.78, 5) is 27.3. The standard InChI is InChI=1S/C20H26N2O2S/c1-14-11-15(2)20(16(3)12-14)21-18(23)13-22(4)19(24)9-5-7-17-8-6-10-25-17/h6,8,10-12H,5,7,9,13H2,1-4H3,(H,21,23). The normalized spacial score (nSPS) is 10.6. The summed E-state index contributed by atoms with van der Waals surface area (Å²) in [5.41, 5.74) is 4.09. The van der Waals surface area contributed by atoms with Crippen molar-refractivity contribution < 1.29 is 9.59 Å². The molecule has 1 aromatic heterocycles. The molecule has 0 saturated carbocycles. The summed E-state index contributed by atoms with van der Waals surface area (Å²) < 4.78 is 0. The maximum atomic E-state index is 12.3. The third kappa shape index (κ3) is 5.71. The molecular formula is C20H26N2O2S. The van der Waals surface area contributed by atoms with Crippen LogP contribution in [0.5, 0.6) is 0 Å². The number of rotatable bonds is 7. The number of carbonyl (C=O) groups excluding carboxylic acids is 2. The Balaban J connectivity index is 1.82. The summed E-state index contributed by atoms with van der Waals surface area (Å²) in [5.74, 6) is -0.159. The molecule has 1 aromatic carbocycles. The van der Waals surface area contributed by atoms with Gasteiger partial charge in [-0.1, -0.05) is 23.8 Å². The van der Waals surface area contributed by atoms with Gasteiger partial charge in [-0.25, -0.2) is 0 Å². The number of hydrogen-bond acceptors (Lipinski definition) is 3. The van der Waals surface area contributed by atoms with Crippen LogP contribution in [0.25, 0.3) is 0 Å². The third-order valence-electron chi connectivity index (χ3n) is 4.14. The zero-order chi connectivity index (χ0) is 18.4. The zero-order valence-electron chi connectivity index (χ0n) is 15.4. The fourth-order valence-electron chi connectivity index (χ4n) is 2.92. The molecule has 0 saturated heterocycles. The first-order chi connectivity index (χ1) is 11.9. The van der Waals surface area contributed by atoms with E-state index in [1.54, 1.807) is 18.4 Å². The molecule has 2 aromatic rings. The van der Waals surface area contributed by atoms with Gasteiger partial charge >= 0.3 is 0 Å². The number of thiophene rings is 1. The van der Waals surface area contributed by atoms with Crippen LogP contribution in [0.3, 0.4) is 0 Å². The van der Waals surface area contributed by atoms with E-state index in [2.05, 4.69) is 11.4 Å². The highest BCUT2D eigenvalue weighted by molar-refractivity contribution is 7.09. The number of nitrogens with one attached hydrogen (secondary N) is 1. The first-order valence-corrected chi connectivity index (χ1v) is 9.39. The minimum absolute atomic E-state index is 0.00376. The van der Waals surface area contributed by atoms with Crippen molar-refractivity contribution in [2.45, 2.75) is 40.0 Å². The lowest BCUT2D eigenvalue weighted by molar-refractivity contribution is -0.133. The van der Waals surface area contributed by atoms with E-state index >= 15 is 0 Å². The zero-order valence-corrected chi connectivity index (χ0v) is 16.2. The summed E-state index contributed by atoms with van der Waals surface area (Å²) in [6, 6.07) is 8.19. The predicted molar refractivity (Wildman–Crippen MR) is 104 cm³/mol. The largest absolute Gasteiger partial charge is 0.336 e. The van der Waals surface area contributed by atoms with Gasteiger partial charge in [0.25, 0.3) is 0 Å². The average Bonchev–Trinajstić information content (AvgIpc) is 3.04. The molecule has 0 aliphatic heterocycles. The molecular weight excluding hydrogens is 332 g/mol. The Hall–Kier alpha value is -2.14. The van der Waals surface area contributed by atoms with Crippen molar-refractivity contribution in [3.63, 3.8) is 0 Å². The highest BCUT2D eigenvalue weighted by Crippen LogP contribution is 2.21. The van der Waals surface area contributed by atoms with Gasteiger partial charge in [-0.3, -0.25) is 9.59 Å². The number of carbonyl (C=O) groups is 2. The predicted octanol–water partition coefficient (Wildman–Crippen LogP) is 4.09. The van der Waals surface area contributed by atoms with Crippen LogP contribution < -0.4 is 5.32 Å². The first-order valence-electron chi connectivity index (χ1n) is 8.51. The molecule has 5 heteroatoms. The number of benzene rings is 1. The van der Waals surface area contributed by atoms with Gasteiger partial charge in [0.1, 0.15) is 0 Å². The fraction of sp³-hybridized carbons (Fsp3) is 0.400. The molecule has 25 heavy (non-hydrogen) atoms. The first kappa shape index (κ1) is 19.2. The Morgan fingerprint density at radius 1 is 1.16 bits per heavy atom. The summed E-state index contributed by atoms with van der Waals surface area (Å²) in [6.07, 6.45) is 2.18. The van der Waals surface area contributed by atoms with Gasteiger partial charge in [0.2, 0.25) is 11.8 Å². The molecule has 0 spiro atoms. The van der Waals surface area contributed by atoms with Crippen LogP contribution in [0, 0.1) is 20.8 Å². The van der Waals surface area contributed by atoms with Crippen LogP contribution in [-0.2, 0) is 16.0 Å². The van der Waals surface area contributed by atoms with Crippen LogP contribution in [0.4, 0.5) is 5.69 Å². The molecule has 134 valence electrons. The molecule has 0 bridgehead atoms. The molecule has 2 amide bonds. The highest BCUT2D eigenvalue weighted by atomic mass is 32.1. The topological polar surface area (TPSA) is 49.4 Å². The summed E-state index contributed by atoms with van der Waals surface area (Å²) in [6.45, 7) is 6.07. The van der Waals surface area contributed by atoms with E-state index in [4.69, 9.17) is 0 Å². The minimum atomic E-state index is -0.163. The lowest BCUT2D eigenvalue weighted by atomic mass is 10.1. The van der Waals surface area contributed by atoms with Crippen molar-refractivity contribution in [3.8, 4) is 0 Å². The molecule has 4 nitrogen and oxygen atoms in total. The Morgan fingerprint density at radius 3 is 2.44 bits per heavy atom. The van der Waals surface area contributed by atoms with Crippen molar-refractivity contribution in [1.82, 2.24) is 4.90 Å². The van der Waals surface area contributed by atoms with Gasteiger partial charge in [0.15, 0.2) is 0 Å². The quantitative estimate of drug-likeness (QED) is 0.810. The van der Waals surface area contributed by atoms with E-state index in [0.29, 0.717) is 6.42 Å². The van der Waals surface area contributed by atoms with Gasteiger partial charge in [0.05, 0.1) is 6.54 Å². The SMILES string of the molecule is Cc1cc(C)c(NC(=O)CN(C)C(=O)CCCc2cccs2)c(C)c1. The smallest absolute Gasteiger partial charge is 0.243 e. The fourth-order valence-corrected chi connectivity index (χ4v) is 3.67. The highest BCUT2D eigenvalue weighted by Gasteiger charge is 2.14. The molecule has 0 unspecified atom stereocenters. The number of nitrogens with zero attached hydrogens (tertiary/aromatic N) is 1. The van der Waals surface area contributed by atoms with E-state index in [9.17, 15) is 9.59 Å². The molecule has 0 aliphatic rings. The second-order valence-corrected chi connectivity index (χ2v) is 7.54. The van der Waals surface area contributed by atoms with Crippen molar-refractivity contribution >= 4 is 28.8 Å². The second-order valence-electron chi connectivity index (χ2n) is 6.50. The van der Waals surface area contributed by atoms with E-state index in [1.807, 2.05) is 44.4 Å².